The third kappa shape index (κ3) is 4.00. The van der Waals surface area contributed by atoms with Crippen molar-refractivity contribution in [2.24, 2.45) is 5.84 Å². The molecule has 0 aliphatic carbocycles. The quantitative estimate of drug-likeness (QED) is 0.418. The van der Waals surface area contributed by atoms with E-state index in [1.807, 2.05) is 12.3 Å². The molecular weight excluding hydrogens is 429 g/mol. The summed E-state index contributed by atoms with van der Waals surface area (Å²) >= 11 is 5.84. The van der Waals surface area contributed by atoms with E-state index in [0.29, 0.717) is 0 Å². The number of hydrogen-bond donors (Lipinski definition) is 2. The molecule has 1 aromatic heterocycles. The number of hydrogen-bond acceptors (Lipinski definition) is 3. The van der Waals surface area contributed by atoms with Crippen LogP contribution in [0.25, 0.3) is 0 Å². The Kier molecular flexibility index (Phi) is 5.95. The molecule has 5 heteroatoms. The predicted molar refractivity (Wildman–Crippen MR) is 94.2 cm³/mol. The van der Waals surface area contributed by atoms with Crippen LogP contribution in [0.5, 0.6) is 0 Å². The summed E-state index contributed by atoms with van der Waals surface area (Å²) in [6.07, 6.45) is 3.72. The third-order valence-electron chi connectivity index (χ3n) is 3.24. The first kappa shape index (κ1) is 15.9. The normalized spacial score (nSPS) is 12.4. The zero-order chi connectivity index (χ0) is 14.5. The van der Waals surface area contributed by atoms with Crippen molar-refractivity contribution in [3.63, 3.8) is 0 Å². The van der Waals surface area contributed by atoms with Crippen molar-refractivity contribution < 1.29 is 0 Å². The van der Waals surface area contributed by atoms with Gasteiger partial charge in [-0.2, -0.15) is 0 Å². The minimum Gasteiger partial charge on any atom is -0.271 e. The molecule has 3 N–H and O–H groups in total. The van der Waals surface area contributed by atoms with E-state index < -0.39 is 0 Å². The minimum atomic E-state index is 0.0550. The van der Waals surface area contributed by atoms with Gasteiger partial charge < -0.3 is 0 Å². The van der Waals surface area contributed by atoms with E-state index in [9.17, 15) is 0 Å². The zero-order valence-corrected chi connectivity index (χ0v) is 15.0. The summed E-state index contributed by atoms with van der Waals surface area (Å²) in [4.78, 5) is 4.51. The third-order valence-corrected chi connectivity index (χ3v) is 4.72. The van der Waals surface area contributed by atoms with Crippen molar-refractivity contribution in [1.29, 1.82) is 0 Å². The van der Waals surface area contributed by atoms with Crippen LogP contribution in [0.15, 0.2) is 41.0 Å². The molecule has 0 saturated carbocycles. The number of nitrogens with zero attached hydrogens (tertiary/aromatic N) is 1. The molecule has 0 spiro atoms. The second-order valence-electron chi connectivity index (χ2n) is 4.60. The van der Waals surface area contributed by atoms with Gasteiger partial charge in [0.1, 0.15) is 0 Å². The lowest BCUT2D eigenvalue weighted by Crippen LogP contribution is -2.30. The molecule has 0 aliphatic rings. The Hall–Kier alpha value is -0.500. The van der Waals surface area contributed by atoms with Crippen LogP contribution in [0.1, 0.15) is 29.8 Å². The lowest BCUT2D eigenvalue weighted by molar-refractivity contribution is 0.543. The first-order valence-electron chi connectivity index (χ1n) is 6.49. The maximum atomic E-state index is 5.73. The van der Waals surface area contributed by atoms with Crippen molar-refractivity contribution in [2.75, 3.05) is 0 Å². The molecule has 0 amide bonds. The predicted octanol–water partition coefficient (Wildman–Crippen LogP) is 3.76. The molecule has 2 rings (SSSR count). The number of nitrogens with one attached hydrogen (secondary N) is 1. The summed E-state index contributed by atoms with van der Waals surface area (Å²) in [6.45, 7) is 2.13. The van der Waals surface area contributed by atoms with E-state index in [2.05, 4.69) is 80.1 Å². The molecular formula is C15H17BrIN3. The molecule has 0 saturated heterocycles. The SMILES string of the molecule is CCc1ccc(CC(NN)c2cc(Br)ccc2I)nc1. The van der Waals surface area contributed by atoms with Gasteiger partial charge in [-0.3, -0.25) is 16.3 Å². The molecule has 1 aromatic carbocycles. The van der Waals surface area contributed by atoms with Crippen LogP contribution in [-0.2, 0) is 12.8 Å². The number of rotatable bonds is 5. The lowest BCUT2D eigenvalue weighted by Gasteiger charge is -2.18. The van der Waals surface area contributed by atoms with Gasteiger partial charge in [-0.15, -0.1) is 0 Å². The standard InChI is InChI=1S/C15H17BrIN3/c1-2-10-3-5-12(19-9-10)8-15(20-18)13-7-11(16)4-6-14(13)17/h3-7,9,15,20H,2,8,18H2,1H3. The first-order valence-corrected chi connectivity index (χ1v) is 8.36. The highest BCUT2D eigenvalue weighted by atomic mass is 127. The number of benzene rings is 1. The smallest absolute Gasteiger partial charge is 0.0526 e. The van der Waals surface area contributed by atoms with E-state index in [0.717, 1.165) is 23.0 Å². The Balaban J connectivity index is 2.21. The van der Waals surface area contributed by atoms with Gasteiger partial charge in [-0.25, -0.2) is 0 Å². The van der Waals surface area contributed by atoms with Crippen molar-refractivity contribution in [3.8, 4) is 0 Å². The van der Waals surface area contributed by atoms with Crippen LogP contribution in [0, 0.1) is 3.57 Å². The minimum absolute atomic E-state index is 0.0550. The van der Waals surface area contributed by atoms with Crippen LogP contribution in [-0.4, -0.2) is 4.98 Å². The molecule has 1 unspecified atom stereocenters. The summed E-state index contributed by atoms with van der Waals surface area (Å²) in [5.41, 5.74) is 6.38. The first-order chi connectivity index (χ1) is 9.63. The van der Waals surface area contributed by atoms with Crippen LogP contribution < -0.4 is 11.3 Å². The summed E-state index contributed by atoms with van der Waals surface area (Å²) in [5, 5.41) is 0. The number of aromatic nitrogens is 1. The largest absolute Gasteiger partial charge is 0.271 e. The van der Waals surface area contributed by atoms with Gasteiger partial charge in [-0.1, -0.05) is 28.9 Å². The summed E-state index contributed by atoms with van der Waals surface area (Å²) in [7, 11) is 0. The number of nitrogens with two attached hydrogens (primary N) is 1. The maximum Gasteiger partial charge on any atom is 0.0526 e. The number of aryl methyl sites for hydroxylation is 1. The molecule has 0 fully saturated rings. The van der Waals surface area contributed by atoms with E-state index in [-0.39, 0.29) is 6.04 Å². The average molecular weight is 446 g/mol. The van der Waals surface area contributed by atoms with Crippen molar-refractivity contribution in [3.05, 3.63) is 61.4 Å². The van der Waals surface area contributed by atoms with Crippen LogP contribution in [0.4, 0.5) is 0 Å². The molecule has 0 bridgehead atoms. The van der Waals surface area contributed by atoms with E-state index in [1.165, 1.54) is 14.7 Å². The highest BCUT2D eigenvalue weighted by Gasteiger charge is 2.15. The zero-order valence-electron chi connectivity index (χ0n) is 11.2. The van der Waals surface area contributed by atoms with Crippen LogP contribution in [0.2, 0.25) is 0 Å². The van der Waals surface area contributed by atoms with Crippen LogP contribution >= 0.6 is 38.5 Å². The van der Waals surface area contributed by atoms with Crippen molar-refractivity contribution in [2.45, 2.75) is 25.8 Å². The van der Waals surface area contributed by atoms with Gasteiger partial charge >= 0.3 is 0 Å². The van der Waals surface area contributed by atoms with Gasteiger partial charge in [0.15, 0.2) is 0 Å². The Morgan fingerprint density at radius 1 is 1.35 bits per heavy atom. The molecule has 1 heterocycles. The van der Waals surface area contributed by atoms with Gasteiger partial charge in [-0.05, 0) is 64.4 Å². The monoisotopic (exact) mass is 445 g/mol. The number of halogens is 2. The molecule has 0 aliphatic heterocycles. The molecule has 0 radical (unpaired) electrons. The Morgan fingerprint density at radius 2 is 2.15 bits per heavy atom. The van der Waals surface area contributed by atoms with E-state index in [1.54, 1.807) is 0 Å². The van der Waals surface area contributed by atoms with E-state index in [4.69, 9.17) is 5.84 Å². The Morgan fingerprint density at radius 3 is 2.75 bits per heavy atom. The average Bonchev–Trinajstić information content (AvgIpc) is 2.48. The maximum absolute atomic E-state index is 5.73. The fourth-order valence-electron chi connectivity index (χ4n) is 2.03. The van der Waals surface area contributed by atoms with Gasteiger partial charge in [0.05, 0.1) is 6.04 Å². The number of pyridine rings is 1. The molecule has 3 nitrogen and oxygen atoms in total. The van der Waals surface area contributed by atoms with E-state index >= 15 is 0 Å². The fraction of sp³-hybridized carbons (Fsp3) is 0.267. The second-order valence-corrected chi connectivity index (χ2v) is 6.68. The molecule has 1 atom stereocenters. The summed E-state index contributed by atoms with van der Waals surface area (Å²) < 4.78 is 2.25. The van der Waals surface area contributed by atoms with Gasteiger partial charge in [0.25, 0.3) is 0 Å². The van der Waals surface area contributed by atoms with Gasteiger partial charge in [0, 0.05) is 26.4 Å². The Bertz CT molecular complexity index is 572. The van der Waals surface area contributed by atoms with Gasteiger partial charge in [0.2, 0.25) is 0 Å². The van der Waals surface area contributed by atoms with Crippen LogP contribution in [0.3, 0.4) is 0 Å². The molecule has 20 heavy (non-hydrogen) atoms. The second kappa shape index (κ2) is 7.49. The Labute approximate surface area is 141 Å². The molecule has 2 aromatic rings. The topological polar surface area (TPSA) is 50.9 Å². The summed E-state index contributed by atoms with van der Waals surface area (Å²) in [6, 6.07) is 10.5. The lowest BCUT2D eigenvalue weighted by atomic mass is 10.0. The van der Waals surface area contributed by atoms with Crippen molar-refractivity contribution >= 4 is 38.5 Å². The molecule has 106 valence electrons. The summed E-state index contributed by atoms with van der Waals surface area (Å²) in [5.74, 6) is 5.73. The fourth-order valence-corrected chi connectivity index (χ4v) is 3.12. The van der Waals surface area contributed by atoms with Crippen molar-refractivity contribution in [1.82, 2.24) is 10.4 Å². The highest BCUT2D eigenvalue weighted by Crippen LogP contribution is 2.26. The highest BCUT2D eigenvalue weighted by molar-refractivity contribution is 14.1. The number of hydrazine groups is 1.